The number of rotatable bonds is 8. The maximum Gasteiger partial charge on any atom is 0.264 e. The maximum absolute atomic E-state index is 12.0. The van der Waals surface area contributed by atoms with Crippen molar-refractivity contribution in [2.45, 2.75) is 0 Å². The Morgan fingerprint density at radius 2 is 1.65 bits per heavy atom. The molecule has 0 saturated heterocycles. The normalized spacial score (nSPS) is 14.2. The van der Waals surface area contributed by atoms with Gasteiger partial charge in [0.15, 0.2) is 0 Å². The quantitative estimate of drug-likeness (QED) is 0.281. The van der Waals surface area contributed by atoms with Crippen LogP contribution in [0.1, 0.15) is 20.7 Å². The number of benzene rings is 1. The van der Waals surface area contributed by atoms with Crippen molar-refractivity contribution >= 4 is 11.8 Å². The zero-order chi connectivity index (χ0) is 16.8. The van der Waals surface area contributed by atoms with E-state index in [0.29, 0.717) is 0 Å². The predicted molar refractivity (Wildman–Crippen MR) is 74.7 cm³/mol. The van der Waals surface area contributed by atoms with E-state index in [2.05, 4.69) is 5.28 Å². The zero-order valence-electron chi connectivity index (χ0n) is 12.2. The molecule has 1 heterocycles. The van der Waals surface area contributed by atoms with E-state index in [-0.39, 0.29) is 42.4 Å². The van der Waals surface area contributed by atoms with Crippen LogP contribution in [-0.4, -0.2) is 69.9 Å². The van der Waals surface area contributed by atoms with Gasteiger partial charge in [-0.15, -0.1) is 5.01 Å². The number of carbonyl (C=O) groups excluding carboxylic acids is 2. The molecular weight excluding hydrogens is 308 g/mol. The Hall–Kier alpha value is -2.72. The molecule has 0 aliphatic carbocycles. The van der Waals surface area contributed by atoms with Crippen molar-refractivity contribution in [1.82, 2.24) is 9.91 Å². The van der Waals surface area contributed by atoms with Gasteiger partial charge in [0.05, 0.1) is 29.3 Å². The van der Waals surface area contributed by atoms with Crippen LogP contribution < -0.4 is 0 Å². The number of hydrogen-bond donors (Lipinski definition) is 2. The Morgan fingerprint density at radius 1 is 1.13 bits per heavy atom. The van der Waals surface area contributed by atoms with E-state index in [9.17, 15) is 14.8 Å². The zero-order valence-corrected chi connectivity index (χ0v) is 12.2. The third kappa shape index (κ3) is 3.55. The second-order valence-corrected chi connectivity index (χ2v) is 4.58. The Bertz CT molecular complexity index is 579. The fourth-order valence-electron chi connectivity index (χ4n) is 2.05. The molecule has 1 aliphatic heterocycles. The fraction of sp³-hybridized carbons (Fsp3) is 0.385. The minimum absolute atomic E-state index is 0.0462. The highest BCUT2D eigenvalue weighted by Crippen LogP contribution is 2.22. The monoisotopic (exact) mass is 324 g/mol. The van der Waals surface area contributed by atoms with E-state index in [1.54, 1.807) is 12.1 Å². The summed E-state index contributed by atoms with van der Waals surface area (Å²) in [4.78, 5) is 29.7. The lowest BCUT2D eigenvalue weighted by Crippen LogP contribution is -2.36. The van der Waals surface area contributed by atoms with Crippen molar-refractivity contribution in [2.24, 2.45) is 5.28 Å². The van der Waals surface area contributed by atoms with Crippen molar-refractivity contribution < 1.29 is 29.6 Å². The summed E-state index contributed by atoms with van der Waals surface area (Å²) in [5, 5.41) is 33.4. The van der Waals surface area contributed by atoms with Crippen LogP contribution in [0.25, 0.3) is 0 Å². The van der Waals surface area contributed by atoms with Crippen LogP contribution in [0.3, 0.4) is 0 Å². The Labute approximate surface area is 131 Å². The van der Waals surface area contributed by atoms with Crippen molar-refractivity contribution in [3.8, 4) is 0 Å². The summed E-state index contributed by atoms with van der Waals surface area (Å²) in [5.74, 6) is -1.05. The molecule has 10 nitrogen and oxygen atoms in total. The standard InChI is InChI=1S/C13H16N4O6/c18-7-5-15(6-8-19)17(22)14-23-9-16-12(20)10-3-1-2-4-11(10)13(16)21/h1-4,18-19H,5-9H2. The first-order valence-electron chi connectivity index (χ1n) is 6.82. The van der Waals surface area contributed by atoms with Crippen LogP contribution in [-0.2, 0) is 4.84 Å². The van der Waals surface area contributed by atoms with E-state index in [1.165, 1.54) is 12.1 Å². The van der Waals surface area contributed by atoms with Gasteiger partial charge in [-0.2, -0.15) is 0 Å². The maximum atomic E-state index is 12.0. The Morgan fingerprint density at radius 3 is 2.13 bits per heavy atom. The lowest BCUT2D eigenvalue weighted by Gasteiger charge is -2.16. The topological polar surface area (TPSA) is 129 Å². The number of aliphatic hydroxyl groups excluding tert-OH is 2. The summed E-state index contributed by atoms with van der Waals surface area (Å²) < 4.78 is 0. The average molecular weight is 324 g/mol. The molecule has 0 unspecified atom stereocenters. The number of amides is 2. The van der Waals surface area contributed by atoms with Gasteiger partial charge in [-0.3, -0.25) is 9.59 Å². The highest BCUT2D eigenvalue weighted by atomic mass is 16.7. The number of hydrogen-bond acceptors (Lipinski definition) is 7. The lowest BCUT2D eigenvalue weighted by atomic mass is 10.1. The molecule has 23 heavy (non-hydrogen) atoms. The molecular formula is C13H16N4O6. The molecule has 10 heteroatoms. The van der Waals surface area contributed by atoms with Crippen molar-refractivity contribution in [3.05, 3.63) is 40.6 Å². The van der Waals surface area contributed by atoms with Gasteiger partial charge in [0, 0.05) is 0 Å². The van der Waals surface area contributed by atoms with Crippen LogP contribution in [0.5, 0.6) is 0 Å². The molecule has 2 rings (SSSR count). The first-order chi connectivity index (χ1) is 11.1. The van der Waals surface area contributed by atoms with Gasteiger partial charge in [-0.1, -0.05) is 12.1 Å². The molecule has 124 valence electrons. The highest BCUT2D eigenvalue weighted by Gasteiger charge is 2.35. The number of aliphatic hydroxyl groups is 2. The molecule has 0 fully saturated rings. The first kappa shape index (κ1) is 16.6. The molecule has 2 amide bonds. The van der Waals surface area contributed by atoms with Gasteiger partial charge >= 0.3 is 0 Å². The summed E-state index contributed by atoms with van der Waals surface area (Å²) in [7, 11) is 0. The van der Waals surface area contributed by atoms with E-state index < -0.39 is 18.5 Å². The average Bonchev–Trinajstić information content (AvgIpc) is 2.80. The van der Waals surface area contributed by atoms with Crippen LogP contribution in [0.4, 0.5) is 0 Å². The molecule has 0 spiro atoms. The van der Waals surface area contributed by atoms with Crippen LogP contribution >= 0.6 is 0 Å². The van der Waals surface area contributed by atoms with Crippen molar-refractivity contribution in [1.29, 1.82) is 0 Å². The molecule has 0 bridgehead atoms. The number of imide groups is 1. The van der Waals surface area contributed by atoms with Crippen LogP contribution in [0.2, 0.25) is 0 Å². The predicted octanol–water partition coefficient (Wildman–Crippen LogP) is -0.664. The molecule has 0 aromatic heterocycles. The molecule has 0 atom stereocenters. The largest absolute Gasteiger partial charge is 0.569 e. The number of nitrogens with zero attached hydrogens (tertiary/aromatic N) is 4. The third-order valence-electron chi connectivity index (χ3n) is 3.15. The van der Waals surface area contributed by atoms with Crippen LogP contribution in [0, 0.1) is 5.21 Å². The van der Waals surface area contributed by atoms with Crippen LogP contribution in [0.15, 0.2) is 29.5 Å². The first-order valence-corrected chi connectivity index (χ1v) is 6.82. The van der Waals surface area contributed by atoms with Gasteiger partial charge in [-0.05, 0) is 12.1 Å². The van der Waals surface area contributed by atoms with E-state index in [1.807, 2.05) is 0 Å². The van der Waals surface area contributed by atoms with Gasteiger partial charge in [0.1, 0.15) is 13.1 Å². The van der Waals surface area contributed by atoms with E-state index >= 15 is 0 Å². The van der Waals surface area contributed by atoms with Gasteiger partial charge in [-0.25, -0.2) is 4.90 Å². The van der Waals surface area contributed by atoms with Gasteiger partial charge in [0.2, 0.25) is 12.0 Å². The number of hydrazine groups is 1. The lowest BCUT2D eigenvalue weighted by molar-refractivity contribution is -0.711. The fourth-order valence-corrected chi connectivity index (χ4v) is 2.05. The molecule has 1 aliphatic rings. The molecule has 0 radical (unpaired) electrons. The Balaban J connectivity index is 1.98. The minimum atomic E-state index is -0.527. The second kappa shape index (κ2) is 7.51. The summed E-state index contributed by atoms with van der Waals surface area (Å²) in [5.41, 5.74) is 0.532. The number of fused-ring (bicyclic) bond motifs is 1. The minimum Gasteiger partial charge on any atom is -0.569 e. The van der Waals surface area contributed by atoms with Crippen molar-refractivity contribution in [3.63, 3.8) is 0 Å². The third-order valence-corrected chi connectivity index (χ3v) is 3.15. The smallest absolute Gasteiger partial charge is 0.264 e. The van der Waals surface area contributed by atoms with Gasteiger partial charge < -0.3 is 20.3 Å². The molecule has 1 aromatic carbocycles. The summed E-state index contributed by atoms with van der Waals surface area (Å²) in [6.45, 7) is -1.25. The highest BCUT2D eigenvalue weighted by molar-refractivity contribution is 6.21. The Kier molecular flexibility index (Phi) is 5.44. The number of carbonyl (C=O) groups is 2. The second-order valence-electron chi connectivity index (χ2n) is 4.58. The molecule has 1 aromatic rings. The van der Waals surface area contributed by atoms with E-state index in [4.69, 9.17) is 15.1 Å². The molecule has 2 N–H and O–H groups in total. The summed E-state index contributed by atoms with van der Waals surface area (Å²) in [6, 6.07) is 6.33. The van der Waals surface area contributed by atoms with E-state index in [0.717, 1.165) is 9.91 Å². The summed E-state index contributed by atoms with van der Waals surface area (Å²) in [6.07, 6.45) is 0. The van der Waals surface area contributed by atoms with Crippen molar-refractivity contribution in [2.75, 3.05) is 33.0 Å². The molecule has 0 saturated carbocycles. The summed E-state index contributed by atoms with van der Waals surface area (Å²) >= 11 is 0. The SMILES string of the molecule is O=C1c2ccccc2C(=O)N1CON=[N+]([O-])N(CCO)CCO. The van der Waals surface area contributed by atoms with Gasteiger partial charge in [0.25, 0.3) is 11.8 Å².